The molecule has 1 amide bonds. The van der Waals surface area contributed by atoms with Gasteiger partial charge in [-0.1, -0.05) is 17.7 Å². The lowest BCUT2D eigenvalue weighted by atomic mass is 10.0. The summed E-state index contributed by atoms with van der Waals surface area (Å²) in [4.78, 5) is 17.0. The summed E-state index contributed by atoms with van der Waals surface area (Å²) in [6, 6.07) is 6.54. The lowest BCUT2D eigenvalue weighted by Gasteiger charge is -2.44. The lowest BCUT2D eigenvalue weighted by Crippen LogP contribution is -2.57. The molecule has 1 aromatic rings. The van der Waals surface area contributed by atoms with Gasteiger partial charge in [0.1, 0.15) is 5.60 Å². The average molecular weight is 460 g/mol. The van der Waals surface area contributed by atoms with E-state index in [4.69, 9.17) is 21.1 Å². The van der Waals surface area contributed by atoms with Gasteiger partial charge in [0.2, 0.25) is 0 Å². The molecule has 5 nitrogen and oxygen atoms in total. The molecule has 7 heteroatoms. The van der Waals surface area contributed by atoms with Crippen molar-refractivity contribution in [1.29, 1.82) is 0 Å². The van der Waals surface area contributed by atoms with Gasteiger partial charge in [0, 0.05) is 36.8 Å². The molecule has 0 radical (unpaired) electrons. The Morgan fingerprint density at radius 3 is 2.44 bits per heavy atom. The van der Waals surface area contributed by atoms with E-state index in [9.17, 15) is 4.79 Å². The fourth-order valence-corrected chi connectivity index (χ4v) is 4.53. The fourth-order valence-electron chi connectivity index (χ4n) is 4.09. The summed E-state index contributed by atoms with van der Waals surface area (Å²) in [7, 11) is 1.72. The summed E-state index contributed by atoms with van der Waals surface area (Å²) in [5.74, 6) is 0. The molecule has 150 valence electrons. The number of hydrogen-bond acceptors (Lipinski definition) is 4. The van der Waals surface area contributed by atoms with Crippen molar-refractivity contribution in [3.05, 3.63) is 33.3 Å². The molecular formula is C20H28BrClN2O3. The van der Waals surface area contributed by atoms with E-state index in [1.54, 1.807) is 7.11 Å². The predicted octanol–water partition coefficient (Wildman–Crippen LogP) is 4.87. The van der Waals surface area contributed by atoms with Gasteiger partial charge in [-0.15, -0.1) is 0 Å². The first-order chi connectivity index (χ1) is 12.7. The Kier molecular flexibility index (Phi) is 6.41. The zero-order valence-corrected chi connectivity index (χ0v) is 18.7. The highest BCUT2D eigenvalue weighted by Gasteiger charge is 2.45. The minimum atomic E-state index is -0.472. The number of carbonyl (C=O) groups excluding carboxylic acids is 1. The van der Waals surface area contributed by atoms with E-state index >= 15 is 0 Å². The van der Waals surface area contributed by atoms with Crippen LogP contribution in [-0.4, -0.2) is 60.4 Å². The minimum absolute atomic E-state index is 0.115. The summed E-state index contributed by atoms with van der Waals surface area (Å²) in [5, 5.41) is 0.698. The SMILES string of the molecule is COCC(c1ccc(Br)c(Cl)c1)N1CC2CCC(C1)N2C(=O)OC(C)(C)C. The molecule has 2 fully saturated rings. The standard InChI is InChI=1S/C20H28BrClN2O3/c1-20(2,3)27-19(25)24-14-6-7-15(24)11-23(10-14)18(12-26-4)13-5-8-16(21)17(22)9-13/h5,8-9,14-15,18H,6-7,10-12H2,1-4H3. The third kappa shape index (κ3) is 4.78. The highest BCUT2D eigenvalue weighted by Crippen LogP contribution is 2.36. The lowest BCUT2D eigenvalue weighted by molar-refractivity contribution is -0.0185. The van der Waals surface area contributed by atoms with Gasteiger partial charge in [-0.2, -0.15) is 0 Å². The van der Waals surface area contributed by atoms with Crippen LogP contribution in [0.1, 0.15) is 45.2 Å². The molecule has 0 saturated carbocycles. The Morgan fingerprint density at radius 2 is 1.93 bits per heavy atom. The van der Waals surface area contributed by atoms with Crippen LogP contribution >= 0.6 is 27.5 Å². The largest absolute Gasteiger partial charge is 0.444 e. The smallest absolute Gasteiger partial charge is 0.410 e. The van der Waals surface area contributed by atoms with Crippen molar-refractivity contribution in [2.75, 3.05) is 26.8 Å². The summed E-state index contributed by atoms with van der Waals surface area (Å²) in [5.41, 5.74) is 0.663. The van der Waals surface area contributed by atoms with Gasteiger partial charge in [0.25, 0.3) is 0 Å². The van der Waals surface area contributed by atoms with Crippen LogP contribution in [0.5, 0.6) is 0 Å². The molecular weight excluding hydrogens is 432 g/mol. The van der Waals surface area contributed by atoms with Crippen molar-refractivity contribution >= 4 is 33.6 Å². The number of halogens is 2. The van der Waals surface area contributed by atoms with Gasteiger partial charge in [0.05, 0.1) is 17.7 Å². The summed E-state index contributed by atoms with van der Waals surface area (Å²) in [6.07, 6.45) is 1.84. The maximum atomic E-state index is 12.7. The first-order valence-corrected chi connectivity index (χ1v) is 10.6. The van der Waals surface area contributed by atoms with E-state index in [-0.39, 0.29) is 24.2 Å². The van der Waals surface area contributed by atoms with E-state index in [1.165, 1.54) is 0 Å². The molecule has 3 unspecified atom stereocenters. The molecule has 2 aliphatic heterocycles. The van der Waals surface area contributed by atoms with Crippen LogP contribution in [0.2, 0.25) is 5.02 Å². The Labute approximate surface area is 175 Å². The highest BCUT2D eigenvalue weighted by molar-refractivity contribution is 9.10. The molecule has 2 heterocycles. The van der Waals surface area contributed by atoms with Crippen LogP contribution in [0.3, 0.4) is 0 Å². The molecule has 0 N–H and O–H groups in total. The summed E-state index contributed by atoms with van der Waals surface area (Å²) >= 11 is 9.77. The maximum absolute atomic E-state index is 12.7. The molecule has 27 heavy (non-hydrogen) atoms. The van der Waals surface area contributed by atoms with Crippen LogP contribution in [-0.2, 0) is 9.47 Å². The second-order valence-electron chi connectivity index (χ2n) is 8.37. The number of rotatable bonds is 4. The first kappa shape index (κ1) is 20.9. The van der Waals surface area contributed by atoms with Crippen molar-refractivity contribution in [3.63, 3.8) is 0 Å². The molecule has 3 rings (SSSR count). The van der Waals surface area contributed by atoms with Crippen LogP contribution < -0.4 is 0 Å². The molecule has 2 bridgehead atoms. The third-order valence-corrected chi connectivity index (χ3v) is 6.44. The Morgan fingerprint density at radius 1 is 1.30 bits per heavy atom. The van der Waals surface area contributed by atoms with Gasteiger partial charge in [-0.25, -0.2) is 4.79 Å². The topological polar surface area (TPSA) is 42.0 Å². The average Bonchev–Trinajstić information content (AvgIpc) is 2.84. The monoisotopic (exact) mass is 458 g/mol. The molecule has 1 aromatic carbocycles. The van der Waals surface area contributed by atoms with Crippen LogP contribution in [0, 0.1) is 0 Å². The quantitative estimate of drug-likeness (QED) is 0.644. The Bertz CT molecular complexity index is 680. The van der Waals surface area contributed by atoms with Gasteiger partial charge >= 0.3 is 6.09 Å². The van der Waals surface area contributed by atoms with Crippen molar-refractivity contribution in [1.82, 2.24) is 9.80 Å². The number of ether oxygens (including phenoxy) is 2. The Hall–Kier alpha value is -0.820. The number of amides is 1. The minimum Gasteiger partial charge on any atom is -0.444 e. The van der Waals surface area contributed by atoms with E-state index in [1.807, 2.05) is 37.8 Å². The number of hydrogen-bond donors (Lipinski definition) is 0. The van der Waals surface area contributed by atoms with Gasteiger partial charge in [-0.3, -0.25) is 9.80 Å². The zero-order chi connectivity index (χ0) is 19.8. The van der Waals surface area contributed by atoms with Crippen LogP contribution in [0.25, 0.3) is 0 Å². The molecule has 2 aliphatic rings. The van der Waals surface area contributed by atoms with Crippen molar-refractivity contribution in [2.24, 2.45) is 0 Å². The van der Waals surface area contributed by atoms with E-state index in [2.05, 4.69) is 26.9 Å². The number of benzene rings is 1. The molecule has 0 aliphatic carbocycles. The summed E-state index contributed by atoms with van der Waals surface area (Å²) < 4.78 is 12.0. The molecule has 3 atom stereocenters. The second-order valence-corrected chi connectivity index (χ2v) is 9.63. The Balaban J connectivity index is 1.77. The number of methoxy groups -OCH3 is 1. The number of likely N-dealkylation sites (tertiary alicyclic amines) is 1. The van der Waals surface area contributed by atoms with Gasteiger partial charge < -0.3 is 9.47 Å². The van der Waals surface area contributed by atoms with Crippen molar-refractivity contribution in [2.45, 2.75) is 57.3 Å². The third-order valence-electron chi connectivity index (χ3n) is 5.21. The van der Waals surface area contributed by atoms with Crippen molar-refractivity contribution < 1.29 is 14.3 Å². The van der Waals surface area contributed by atoms with Crippen molar-refractivity contribution in [3.8, 4) is 0 Å². The van der Waals surface area contributed by atoms with Crippen LogP contribution in [0.4, 0.5) is 4.79 Å². The van der Waals surface area contributed by atoms with Gasteiger partial charge in [-0.05, 0) is 67.2 Å². The van der Waals surface area contributed by atoms with Crippen LogP contribution in [0.15, 0.2) is 22.7 Å². The summed E-state index contributed by atoms with van der Waals surface area (Å²) in [6.45, 7) is 7.96. The molecule has 0 spiro atoms. The second kappa shape index (κ2) is 8.27. The molecule has 0 aromatic heterocycles. The van der Waals surface area contributed by atoms with Gasteiger partial charge in [0.15, 0.2) is 0 Å². The molecule has 2 saturated heterocycles. The number of piperazine rings is 1. The normalized spacial score (nSPS) is 24.1. The first-order valence-electron chi connectivity index (χ1n) is 9.39. The van der Waals surface area contributed by atoms with E-state index in [0.29, 0.717) is 11.6 Å². The van der Waals surface area contributed by atoms with E-state index < -0.39 is 5.60 Å². The number of nitrogens with zero attached hydrogens (tertiary/aromatic N) is 2. The predicted molar refractivity (Wildman–Crippen MR) is 110 cm³/mol. The highest BCUT2D eigenvalue weighted by atomic mass is 79.9. The fraction of sp³-hybridized carbons (Fsp3) is 0.650. The zero-order valence-electron chi connectivity index (χ0n) is 16.4. The maximum Gasteiger partial charge on any atom is 0.410 e. The number of carbonyl (C=O) groups is 1. The number of fused-ring (bicyclic) bond motifs is 2. The van der Waals surface area contributed by atoms with E-state index in [0.717, 1.165) is 36.0 Å².